The summed E-state index contributed by atoms with van der Waals surface area (Å²) in [5, 5.41) is 9.93. The molecule has 1 heterocycles. The molecular formula is C16H14BrClN4S. The number of hydrogen-bond acceptors (Lipinski definition) is 4. The molecule has 0 bridgehead atoms. The largest absolute Gasteiger partial charge is 0.335 e. The van der Waals surface area contributed by atoms with E-state index in [1.165, 1.54) is 16.4 Å². The molecule has 1 atom stereocenters. The summed E-state index contributed by atoms with van der Waals surface area (Å²) in [6.45, 7) is 2.07. The van der Waals surface area contributed by atoms with Crippen LogP contribution in [0.1, 0.15) is 17.7 Å². The van der Waals surface area contributed by atoms with Crippen molar-refractivity contribution in [2.24, 2.45) is 0 Å². The van der Waals surface area contributed by atoms with Gasteiger partial charge < -0.3 is 5.84 Å². The average molecular weight is 410 g/mol. The molecular weight excluding hydrogens is 396 g/mol. The minimum atomic E-state index is 0.113. The molecule has 0 amide bonds. The molecule has 0 aliphatic carbocycles. The zero-order valence-corrected chi connectivity index (χ0v) is 15.4. The third-order valence-electron chi connectivity index (χ3n) is 3.40. The van der Waals surface area contributed by atoms with Gasteiger partial charge in [0.1, 0.15) is 0 Å². The number of nitrogens with zero attached hydrogens (tertiary/aromatic N) is 3. The van der Waals surface area contributed by atoms with E-state index in [1.54, 1.807) is 0 Å². The fourth-order valence-corrected chi connectivity index (χ4v) is 3.97. The van der Waals surface area contributed by atoms with Gasteiger partial charge in [0.05, 0.1) is 0 Å². The lowest BCUT2D eigenvalue weighted by molar-refractivity contribution is 0.843. The smallest absolute Gasteiger partial charge is 0.210 e. The van der Waals surface area contributed by atoms with Crippen LogP contribution in [0, 0.1) is 0 Å². The summed E-state index contributed by atoms with van der Waals surface area (Å²) in [5.74, 6) is 6.80. The highest BCUT2D eigenvalue weighted by Crippen LogP contribution is 2.37. The first-order valence-corrected chi connectivity index (χ1v) is 8.99. The van der Waals surface area contributed by atoms with Crippen LogP contribution in [0.5, 0.6) is 0 Å². The zero-order valence-electron chi connectivity index (χ0n) is 12.3. The lowest BCUT2D eigenvalue weighted by Gasteiger charge is -2.12. The Hall–Kier alpha value is -1.50. The van der Waals surface area contributed by atoms with Crippen LogP contribution in [0.4, 0.5) is 0 Å². The zero-order chi connectivity index (χ0) is 16.4. The number of aromatic nitrogens is 3. The Balaban J connectivity index is 1.89. The molecule has 23 heavy (non-hydrogen) atoms. The van der Waals surface area contributed by atoms with E-state index in [0.717, 1.165) is 20.6 Å². The highest BCUT2D eigenvalue weighted by atomic mass is 79.9. The monoisotopic (exact) mass is 408 g/mol. The van der Waals surface area contributed by atoms with Crippen molar-refractivity contribution in [3.05, 3.63) is 63.6 Å². The molecule has 2 aromatic carbocycles. The van der Waals surface area contributed by atoms with E-state index in [1.807, 2.05) is 48.5 Å². The molecule has 1 aromatic heterocycles. The van der Waals surface area contributed by atoms with Crippen molar-refractivity contribution >= 4 is 39.3 Å². The van der Waals surface area contributed by atoms with Gasteiger partial charge in [-0.1, -0.05) is 69.6 Å². The molecule has 0 unspecified atom stereocenters. The predicted octanol–water partition coefficient (Wildman–Crippen LogP) is 4.93. The van der Waals surface area contributed by atoms with Gasteiger partial charge in [0.25, 0.3) is 0 Å². The molecule has 0 saturated heterocycles. The maximum atomic E-state index is 6.25. The molecule has 3 aromatic rings. The van der Waals surface area contributed by atoms with Crippen molar-refractivity contribution in [1.29, 1.82) is 0 Å². The molecule has 118 valence electrons. The number of hydrogen-bond donors (Lipinski definition) is 1. The van der Waals surface area contributed by atoms with Crippen LogP contribution in [-0.2, 0) is 0 Å². The predicted molar refractivity (Wildman–Crippen MR) is 99.0 cm³/mol. The Bertz CT molecular complexity index is 836. The van der Waals surface area contributed by atoms with E-state index in [4.69, 9.17) is 17.4 Å². The number of thioether (sulfide) groups is 1. The van der Waals surface area contributed by atoms with Gasteiger partial charge in [0.15, 0.2) is 5.82 Å². The van der Waals surface area contributed by atoms with E-state index in [-0.39, 0.29) is 5.25 Å². The van der Waals surface area contributed by atoms with Crippen molar-refractivity contribution in [1.82, 2.24) is 14.9 Å². The summed E-state index contributed by atoms with van der Waals surface area (Å²) >= 11 is 11.3. The second-order valence-corrected chi connectivity index (χ2v) is 7.51. The lowest BCUT2D eigenvalue weighted by Crippen LogP contribution is -2.12. The van der Waals surface area contributed by atoms with Gasteiger partial charge >= 0.3 is 0 Å². The van der Waals surface area contributed by atoms with Gasteiger partial charge in [0, 0.05) is 20.3 Å². The van der Waals surface area contributed by atoms with Gasteiger partial charge in [-0.15, -0.1) is 10.2 Å². The summed E-state index contributed by atoms with van der Waals surface area (Å²) in [6.07, 6.45) is 0. The van der Waals surface area contributed by atoms with Gasteiger partial charge in [-0.3, -0.25) is 0 Å². The first-order valence-electron chi connectivity index (χ1n) is 6.94. The molecule has 0 saturated carbocycles. The van der Waals surface area contributed by atoms with Crippen molar-refractivity contribution in [3.63, 3.8) is 0 Å². The molecule has 7 heteroatoms. The molecule has 0 spiro atoms. The van der Waals surface area contributed by atoms with Crippen LogP contribution in [0.25, 0.3) is 11.4 Å². The first kappa shape index (κ1) is 16.4. The number of halogens is 2. The Labute approximate surface area is 152 Å². The van der Waals surface area contributed by atoms with Gasteiger partial charge in [-0.25, -0.2) is 4.68 Å². The second-order valence-electron chi connectivity index (χ2n) is 4.94. The molecule has 0 aliphatic heterocycles. The van der Waals surface area contributed by atoms with E-state index >= 15 is 0 Å². The molecule has 0 aliphatic rings. The van der Waals surface area contributed by atoms with Gasteiger partial charge in [0.2, 0.25) is 5.16 Å². The van der Waals surface area contributed by atoms with E-state index < -0.39 is 0 Å². The number of benzene rings is 2. The van der Waals surface area contributed by atoms with E-state index in [9.17, 15) is 0 Å². The second kappa shape index (κ2) is 6.95. The van der Waals surface area contributed by atoms with Crippen LogP contribution in [0.2, 0.25) is 5.02 Å². The first-order chi connectivity index (χ1) is 11.1. The quantitative estimate of drug-likeness (QED) is 0.490. The minimum absolute atomic E-state index is 0.113. The molecule has 2 N–H and O–H groups in total. The fourth-order valence-electron chi connectivity index (χ4n) is 2.21. The molecule has 3 rings (SSSR count). The lowest BCUT2D eigenvalue weighted by atomic mass is 10.2. The summed E-state index contributed by atoms with van der Waals surface area (Å²) in [4.78, 5) is 0. The Morgan fingerprint density at radius 3 is 2.57 bits per heavy atom. The van der Waals surface area contributed by atoms with E-state index in [2.05, 4.69) is 33.1 Å². The SMILES string of the molecule is C[C@H](Sc1nnc(-c2ccccc2Br)n1N)c1ccccc1Cl. The minimum Gasteiger partial charge on any atom is -0.335 e. The van der Waals surface area contributed by atoms with Gasteiger partial charge in [-0.2, -0.15) is 0 Å². The normalized spacial score (nSPS) is 12.3. The molecule has 0 fully saturated rings. The number of rotatable bonds is 4. The summed E-state index contributed by atoms with van der Waals surface area (Å²) in [7, 11) is 0. The van der Waals surface area contributed by atoms with Crippen molar-refractivity contribution in [2.75, 3.05) is 5.84 Å². The number of nitrogen functional groups attached to an aromatic ring is 1. The van der Waals surface area contributed by atoms with Crippen LogP contribution in [0.15, 0.2) is 58.2 Å². The van der Waals surface area contributed by atoms with Crippen molar-refractivity contribution in [3.8, 4) is 11.4 Å². The molecule has 4 nitrogen and oxygen atoms in total. The van der Waals surface area contributed by atoms with Crippen molar-refractivity contribution in [2.45, 2.75) is 17.3 Å². The average Bonchev–Trinajstić information content (AvgIpc) is 2.89. The molecule has 0 radical (unpaired) electrons. The van der Waals surface area contributed by atoms with Crippen LogP contribution in [-0.4, -0.2) is 14.9 Å². The maximum absolute atomic E-state index is 6.25. The maximum Gasteiger partial charge on any atom is 0.210 e. The van der Waals surface area contributed by atoms with Crippen molar-refractivity contribution < 1.29 is 0 Å². The number of nitrogens with two attached hydrogens (primary N) is 1. The summed E-state index contributed by atoms with van der Waals surface area (Å²) in [6, 6.07) is 15.6. The Kier molecular flexibility index (Phi) is 4.94. The fraction of sp³-hybridized carbons (Fsp3) is 0.125. The Morgan fingerprint density at radius 1 is 1.13 bits per heavy atom. The third-order valence-corrected chi connectivity index (χ3v) is 5.54. The van der Waals surface area contributed by atoms with Crippen LogP contribution < -0.4 is 5.84 Å². The summed E-state index contributed by atoms with van der Waals surface area (Å²) in [5.41, 5.74) is 1.95. The highest BCUT2D eigenvalue weighted by molar-refractivity contribution is 9.10. The Morgan fingerprint density at radius 2 is 1.83 bits per heavy atom. The van der Waals surface area contributed by atoms with Crippen LogP contribution in [0.3, 0.4) is 0 Å². The highest BCUT2D eigenvalue weighted by Gasteiger charge is 2.18. The van der Waals surface area contributed by atoms with E-state index in [0.29, 0.717) is 11.0 Å². The third kappa shape index (κ3) is 3.39. The topological polar surface area (TPSA) is 56.7 Å². The van der Waals surface area contributed by atoms with Crippen LogP contribution >= 0.6 is 39.3 Å². The summed E-state index contributed by atoms with van der Waals surface area (Å²) < 4.78 is 2.44. The standard InChI is InChI=1S/C16H14BrClN4S/c1-10(11-6-3-5-9-14(11)18)23-16-21-20-15(22(16)19)12-7-2-4-8-13(12)17/h2-10H,19H2,1H3/t10-/m0/s1. The van der Waals surface area contributed by atoms with Gasteiger partial charge in [-0.05, 0) is 30.7 Å².